The van der Waals surface area contributed by atoms with Gasteiger partial charge in [0, 0.05) is 39.2 Å². The van der Waals surface area contributed by atoms with Crippen molar-refractivity contribution in [2.45, 2.75) is 19.3 Å². The van der Waals surface area contributed by atoms with Gasteiger partial charge >= 0.3 is 0 Å². The van der Waals surface area contributed by atoms with Crippen molar-refractivity contribution >= 4 is 11.6 Å². The van der Waals surface area contributed by atoms with E-state index >= 15 is 0 Å². The number of nitrogens with one attached hydrogen (secondary N) is 1. The highest BCUT2D eigenvalue weighted by Gasteiger charge is 2.03. The Bertz CT molecular complexity index is 545. The Morgan fingerprint density at radius 2 is 1.90 bits per heavy atom. The second-order valence-corrected chi connectivity index (χ2v) is 5.24. The molecule has 112 valence electrons. The summed E-state index contributed by atoms with van der Waals surface area (Å²) in [6.07, 6.45) is 3.59. The van der Waals surface area contributed by atoms with Crippen LogP contribution >= 0.6 is 0 Å². The standard InChI is InChI=1S/C17H22N2O2/c1-19(2)15-7-5-14(6-8-15)11-12-18-17(20)10-9-16-4-3-13-21-16/h3-8,13H,9-12H2,1-2H3,(H,18,20). The first kappa shape index (κ1) is 15.2. The Morgan fingerprint density at radius 1 is 1.14 bits per heavy atom. The molecule has 4 heteroatoms. The van der Waals surface area contributed by atoms with Crippen molar-refractivity contribution < 1.29 is 9.21 Å². The van der Waals surface area contributed by atoms with Crippen LogP contribution in [0.3, 0.4) is 0 Å². The van der Waals surface area contributed by atoms with Gasteiger partial charge in [0.15, 0.2) is 0 Å². The lowest BCUT2D eigenvalue weighted by Crippen LogP contribution is -2.25. The molecule has 0 bridgehead atoms. The number of carbonyl (C=O) groups excluding carboxylic acids is 1. The molecule has 0 aliphatic heterocycles. The van der Waals surface area contributed by atoms with Crippen molar-refractivity contribution in [3.8, 4) is 0 Å². The summed E-state index contributed by atoms with van der Waals surface area (Å²) in [6.45, 7) is 0.665. The van der Waals surface area contributed by atoms with Crippen LogP contribution in [0.15, 0.2) is 47.1 Å². The third-order valence-corrected chi connectivity index (χ3v) is 3.37. The minimum atomic E-state index is 0.0660. The van der Waals surface area contributed by atoms with Crippen molar-refractivity contribution in [3.63, 3.8) is 0 Å². The lowest BCUT2D eigenvalue weighted by atomic mass is 10.1. The SMILES string of the molecule is CN(C)c1ccc(CCNC(=O)CCc2ccco2)cc1. The van der Waals surface area contributed by atoms with Gasteiger partial charge in [-0.1, -0.05) is 12.1 Å². The van der Waals surface area contributed by atoms with Crippen molar-refractivity contribution in [1.82, 2.24) is 5.32 Å². The molecule has 1 aromatic heterocycles. The van der Waals surface area contributed by atoms with E-state index in [0.717, 1.165) is 12.2 Å². The summed E-state index contributed by atoms with van der Waals surface area (Å²) in [5.74, 6) is 0.917. The molecule has 0 atom stereocenters. The van der Waals surface area contributed by atoms with Gasteiger partial charge in [0.05, 0.1) is 6.26 Å². The summed E-state index contributed by atoms with van der Waals surface area (Å²) in [4.78, 5) is 13.8. The Kier molecular flexibility index (Phi) is 5.43. The third-order valence-electron chi connectivity index (χ3n) is 3.37. The molecule has 0 saturated heterocycles. The first-order chi connectivity index (χ1) is 10.1. The predicted octanol–water partition coefficient (Wildman–Crippen LogP) is 2.64. The average molecular weight is 286 g/mol. The summed E-state index contributed by atoms with van der Waals surface area (Å²) in [5.41, 5.74) is 2.41. The van der Waals surface area contributed by atoms with Crippen molar-refractivity contribution in [2.24, 2.45) is 0 Å². The van der Waals surface area contributed by atoms with Crippen LogP contribution < -0.4 is 10.2 Å². The number of rotatable bonds is 7. The molecular formula is C17H22N2O2. The van der Waals surface area contributed by atoms with Gasteiger partial charge in [0.25, 0.3) is 0 Å². The van der Waals surface area contributed by atoms with Crippen molar-refractivity contribution in [1.29, 1.82) is 0 Å². The Hall–Kier alpha value is -2.23. The van der Waals surface area contributed by atoms with E-state index in [9.17, 15) is 4.79 Å². The fourth-order valence-corrected chi connectivity index (χ4v) is 2.09. The van der Waals surface area contributed by atoms with E-state index in [1.165, 1.54) is 11.3 Å². The molecule has 1 aromatic carbocycles. The maximum atomic E-state index is 11.7. The van der Waals surface area contributed by atoms with E-state index in [2.05, 4.69) is 34.5 Å². The minimum Gasteiger partial charge on any atom is -0.469 e. The normalized spacial score (nSPS) is 10.4. The summed E-state index contributed by atoms with van der Waals surface area (Å²) >= 11 is 0. The molecule has 0 aliphatic carbocycles. The van der Waals surface area contributed by atoms with Crippen LogP contribution in [-0.4, -0.2) is 26.5 Å². The van der Waals surface area contributed by atoms with E-state index < -0.39 is 0 Å². The molecule has 0 aliphatic rings. The number of anilines is 1. The quantitative estimate of drug-likeness (QED) is 0.851. The van der Waals surface area contributed by atoms with Crippen LogP contribution in [0.25, 0.3) is 0 Å². The topological polar surface area (TPSA) is 45.5 Å². The van der Waals surface area contributed by atoms with Crippen LogP contribution in [0.2, 0.25) is 0 Å². The average Bonchev–Trinajstić information content (AvgIpc) is 2.99. The Morgan fingerprint density at radius 3 is 2.52 bits per heavy atom. The lowest BCUT2D eigenvalue weighted by Gasteiger charge is -2.12. The van der Waals surface area contributed by atoms with Gasteiger partial charge in [-0.2, -0.15) is 0 Å². The molecule has 1 heterocycles. The van der Waals surface area contributed by atoms with Gasteiger partial charge < -0.3 is 14.6 Å². The van der Waals surface area contributed by atoms with E-state index in [-0.39, 0.29) is 5.91 Å². The number of hydrogen-bond acceptors (Lipinski definition) is 3. The molecule has 4 nitrogen and oxygen atoms in total. The van der Waals surface area contributed by atoms with E-state index in [1.54, 1.807) is 6.26 Å². The third kappa shape index (κ3) is 4.99. The molecule has 1 N–H and O–H groups in total. The van der Waals surface area contributed by atoms with Gasteiger partial charge in [-0.3, -0.25) is 4.79 Å². The predicted molar refractivity (Wildman–Crippen MR) is 84.5 cm³/mol. The van der Waals surface area contributed by atoms with Gasteiger partial charge in [-0.25, -0.2) is 0 Å². The smallest absolute Gasteiger partial charge is 0.220 e. The van der Waals surface area contributed by atoms with Crippen LogP contribution in [-0.2, 0) is 17.6 Å². The number of hydrogen-bond donors (Lipinski definition) is 1. The molecule has 2 aromatic rings. The van der Waals surface area contributed by atoms with Gasteiger partial charge in [-0.15, -0.1) is 0 Å². The lowest BCUT2D eigenvalue weighted by molar-refractivity contribution is -0.121. The highest BCUT2D eigenvalue weighted by molar-refractivity contribution is 5.76. The number of amides is 1. The van der Waals surface area contributed by atoms with Gasteiger partial charge in [0.1, 0.15) is 5.76 Å². The van der Waals surface area contributed by atoms with Crippen molar-refractivity contribution in [3.05, 3.63) is 54.0 Å². The summed E-state index contributed by atoms with van der Waals surface area (Å²) in [5, 5.41) is 2.94. The van der Waals surface area contributed by atoms with Gasteiger partial charge in [0.2, 0.25) is 5.91 Å². The molecule has 0 radical (unpaired) electrons. The molecule has 1 amide bonds. The fraction of sp³-hybridized carbons (Fsp3) is 0.353. The molecule has 0 spiro atoms. The Labute approximate surface area is 125 Å². The van der Waals surface area contributed by atoms with E-state index in [4.69, 9.17) is 4.42 Å². The largest absolute Gasteiger partial charge is 0.469 e. The second-order valence-electron chi connectivity index (χ2n) is 5.24. The fourth-order valence-electron chi connectivity index (χ4n) is 2.09. The zero-order chi connectivity index (χ0) is 15.1. The van der Waals surface area contributed by atoms with E-state index in [0.29, 0.717) is 19.4 Å². The van der Waals surface area contributed by atoms with Crippen molar-refractivity contribution in [2.75, 3.05) is 25.5 Å². The zero-order valence-electron chi connectivity index (χ0n) is 12.6. The second kappa shape index (κ2) is 7.53. The molecule has 0 saturated carbocycles. The van der Waals surface area contributed by atoms with Crippen LogP contribution in [0.5, 0.6) is 0 Å². The zero-order valence-corrected chi connectivity index (χ0v) is 12.6. The highest BCUT2D eigenvalue weighted by atomic mass is 16.3. The van der Waals surface area contributed by atoms with Crippen LogP contribution in [0.1, 0.15) is 17.7 Å². The number of carbonyl (C=O) groups is 1. The number of furan rings is 1. The number of aryl methyl sites for hydroxylation is 1. The minimum absolute atomic E-state index is 0.0660. The maximum absolute atomic E-state index is 11.7. The molecule has 2 rings (SSSR count). The molecule has 0 fully saturated rings. The summed E-state index contributed by atoms with van der Waals surface area (Å²) < 4.78 is 5.20. The van der Waals surface area contributed by atoms with Gasteiger partial charge in [-0.05, 0) is 36.2 Å². The number of benzene rings is 1. The van der Waals surface area contributed by atoms with E-state index in [1.807, 2.05) is 26.2 Å². The summed E-state index contributed by atoms with van der Waals surface area (Å²) in [6, 6.07) is 12.1. The highest BCUT2D eigenvalue weighted by Crippen LogP contribution is 2.12. The first-order valence-corrected chi connectivity index (χ1v) is 7.20. The molecule has 0 unspecified atom stereocenters. The first-order valence-electron chi connectivity index (χ1n) is 7.20. The monoisotopic (exact) mass is 286 g/mol. The molecular weight excluding hydrogens is 264 g/mol. The van der Waals surface area contributed by atoms with Crippen LogP contribution in [0.4, 0.5) is 5.69 Å². The molecule has 21 heavy (non-hydrogen) atoms. The summed E-state index contributed by atoms with van der Waals surface area (Å²) in [7, 11) is 4.04. The van der Waals surface area contributed by atoms with Crippen LogP contribution in [0, 0.1) is 0 Å². The Balaban J connectivity index is 1.67. The maximum Gasteiger partial charge on any atom is 0.220 e. The number of nitrogens with zero attached hydrogens (tertiary/aromatic N) is 1.